The Hall–Kier alpha value is -1.11. The second-order valence-corrected chi connectivity index (χ2v) is 5.36. The van der Waals surface area contributed by atoms with Gasteiger partial charge in [-0.25, -0.2) is 0 Å². The summed E-state index contributed by atoms with van der Waals surface area (Å²) in [6, 6.07) is 8.13. The molecular weight excluding hydrogens is 220 g/mol. The molecule has 0 saturated carbocycles. The van der Waals surface area contributed by atoms with Crippen LogP contribution in [-0.2, 0) is 0 Å². The van der Waals surface area contributed by atoms with Crippen LogP contribution < -0.4 is 0 Å². The van der Waals surface area contributed by atoms with Crippen LogP contribution in [0.5, 0.6) is 0 Å². The van der Waals surface area contributed by atoms with E-state index in [-0.39, 0.29) is 0 Å². The fraction of sp³-hybridized carbons (Fsp3) is 0.588. The average molecular weight is 246 g/mol. The number of hydrogen-bond donors (Lipinski definition) is 0. The Morgan fingerprint density at radius 3 is 2.22 bits per heavy atom. The van der Waals surface area contributed by atoms with E-state index in [0.29, 0.717) is 5.92 Å². The van der Waals surface area contributed by atoms with Gasteiger partial charge < -0.3 is 0 Å². The summed E-state index contributed by atoms with van der Waals surface area (Å²) in [4.78, 5) is 10.7. The first-order valence-electron chi connectivity index (χ1n) is 7.26. The predicted molar refractivity (Wildman–Crippen MR) is 78.2 cm³/mol. The molecule has 18 heavy (non-hydrogen) atoms. The van der Waals surface area contributed by atoms with Gasteiger partial charge >= 0.3 is 0 Å². The van der Waals surface area contributed by atoms with Crippen molar-refractivity contribution in [2.45, 2.75) is 58.8 Å². The highest BCUT2D eigenvalue weighted by Gasteiger charge is 2.12. The molecule has 0 aromatic heterocycles. The van der Waals surface area contributed by atoms with Gasteiger partial charge in [-0.15, -0.1) is 0 Å². The molecule has 2 unspecified atom stereocenters. The zero-order chi connectivity index (χ0) is 13.4. The highest BCUT2D eigenvalue weighted by Crippen LogP contribution is 2.28. The van der Waals surface area contributed by atoms with E-state index in [0.717, 1.165) is 17.8 Å². The lowest BCUT2D eigenvalue weighted by molar-refractivity contribution is 0.112. The molecule has 1 nitrogen and oxygen atoms in total. The summed E-state index contributed by atoms with van der Waals surface area (Å²) in [6.07, 6.45) is 7.22. The third-order valence-corrected chi connectivity index (χ3v) is 3.89. The van der Waals surface area contributed by atoms with Crippen LogP contribution in [0.3, 0.4) is 0 Å². The predicted octanol–water partition coefficient (Wildman–Crippen LogP) is 5.21. The fourth-order valence-electron chi connectivity index (χ4n) is 2.36. The lowest BCUT2D eigenvalue weighted by atomic mass is 9.87. The van der Waals surface area contributed by atoms with Crippen molar-refractivity contribution >= 4 is 6.29 Å². The number of rotatable bonds is 8. The summed E-state index contributed by atoms with van der Waals surface area (Å²) in [5.74, 6) is 1.48. The normalized spacial score (nSPS) is 14.2. The molecule has 0 fully saturated rings. The summed E-state index contributed by atoms with van der Waals surface area (Å²) in [5, 5.41) is 0. The van der Waals surface area contributed by atoms with Crippen molar-refractivity contribution in [2.75, 3.05) is 0 Å². The van der Waals surface area contributed by atoms with E-state index in [2.05, 4.69) is 32.9 Å². The molecule has 1 rings (SSSR count). The van der Waals surface area contributed by atoms with Crippen LogP contribution >= 0.6 is 0 Å². The number of benzene rings is 1. The molecule has 100 valence electrons. The first kappa shape index (κ1) is 14.9. The molecule has 0 amide bonds. The molecule has 0 N–H and O–H groups in total. The molecule has 0 aliphatic heterocycles. The Morgan fingerprint density at radius 1 is 1.06 bits per heavy atom. The van der Waals surface area contributed by atoms with Gasteiger partial charge in [0.05, 0.1) is 0 Å². The van der Waals surface area contributed by atoms with E-state index in [1.165, 1.54) is 37.7 Å². The van der Waals surface area contributed by atoms with Gasteiger partial charge in [0.15, 0.2) is 0 Å². The van der Waals surface area contributed by atoms with Crippen molar-refractivity contribution in [2.24, 2.45) is 5.92 Å². The van der Waals surface area contributed by atoms with E-state index in [9.17, 15) is 4.79 Å². The van der Waals surface area contributed by atoms with Gasteiger partial charge in [0.1, 0.15) is 6.29 Å². The standard InChI is InChI=1S/C17H26O/c1-4-6-16(10-7-14(3)5-2)17-11-8-15(13-18)9-12-17/h8-9,11-14,16H,4-7,10H2,1-3H3. The fourth-order valence-corrected chi connectivity index (χ4v) is 2.36. The summed E-state index contributed by atoms with van der Waals surface area (Å²) < 4.78 is 0. The molecule has 1 aromatic carbocycles. The second-order valence-electron chi connectivity index (χ2n) is 5.36. The number of hydrogen-bond acceptors (Lipinski definition) is 1. The van der Waals surface area contributed by atoms with Crippen LogP contribution in [0.2, 0.25) is 0 Å². The molecule has 0 aliphatic carbocycles. The Labute approximate surface area is 112 Å². The largest absolute Gasteiger partial charge is 0.298 e. The van der Waals surface area contributed by atoms with Gasteiger partial charge in [-0.05, 0) is 30.2 Å². The Kier molecular flexibility index (Phi) is 6.70. The van der Waals surface area contributed by atoms with Gasteiger partial charge in [-0.1, -0.05) is 64.3 Å². The lowest BCUT2D eigenvalue weighted by Crippen LogP contribution is -2.02. The van der Waals surface area contributed by atoms with Gasteiger partial charge in [-0.2, -0.15) is 0 Å². The molecule has 2 atom stereocenters. The van der Waals surface area contributed by atoms with Crippen LogP contribution in [0.1, 0.15) is 74.7 Å². The maximum absolute atomic E-state index is 10.7. The maximum atomic E-state index is 10.7. The third kappa shape index (κ3) is 4.64. The third-order valence-electron chi connectivity index (χ3n) is 3.89. The summed E-state index contributed by atoms with van der Waals surface area (Å²) in [6.45, 7) is 6.84. The van der Waals surface area contributed by atoms with Crippen molar-refractivity contribution in [1.82, 2.24) is 0 Å². The molecule has 0 saturated heterocycles. The molecule has 0 spiro atoms. The quantitative estimate of drug-likeness (QED) is 0.575. The summed E-state index contributed by atoms with van der Waals surface area (Å²) in [5.41, 5.74) is 2.17. The molecule has 1 heteroatoms. The van der Waals surface area contributed by atoms with Crippen LogP contribution in [0, 0.1) is 5.92 Å². The minimum absolute atomic E-state index is 0.657. The van der Waals surface area contributed by atoms with Crippen LogP contribution in [-0.4, -0.2) is 6.29 Å². The zero-order valence-electron chi connectivity index (χ0n) is 12.0. The Bertz CT molecular complexity index is 339. The molecule has 0 heterocycles. The number of carbonyl (C=O) groups excluding carboxylic acids is 1. The van der Waals surface area contributed by atoms with E-state index in [1.54, 1.807) is 0 Å². The van der Waals surface area contributed by atoms with E-state index < -0.39 is 0 Å². The number of carbonyl (C=O) groups is 1. The molecule has 1 aromatic rings. The highest BCUT2D eigenvalue weighted by atomic mass is 16.1. The maximum Gasteiger partial charge on any atom is 0.150 e. The minimum atomic E-state index is 0.657. The van der Waals surface area contributed by atoms with E-state index in [4.69, 9.17) is 0 Å². The smallest absolute Gasteiger partial charge is 0.150 e. The molecular formula is C17H26O. The Morgan fingerprint density at radius 2 is 1.72 bits per heavy atom. The van der Waals surface area contributed by atoms with E-state index >= 15 is 0 Å². The molecule has 0 bridgehead atoms. The first-order chi connectivity index (χ1) is 8.71. The zero-order valence-corrected chi connectivity index (χ0v) is 12.0. The topological polar surface area (TPSA) is 17.1 Å². The van der Waals surface area contributed by atoms with Gasteiger partial charge in [0.2, 0.25) is 0 Å². The first-order valence-corrected chi connectivity index (χ1v) is 7.26. The van der Waals surface area contributed by atoms with Crippen molar-refractivity contribution in [1.29, 1.82) is 0 Å². The van der Waals surface area contributed by atoms with Gasteiger partial charge in [-0.3, -0.25) is 4.79 Å². The lowest BCUT2D eigenvalue weighted by Gasteiger charge is -2.18. The Balaban J connectivity index is 2.66. The number of aldehydes is 1. The highest BCUT2D eigenvalue weighted by molar-refractivity contribution is 5.74. The summed E-state index contributed by atoms with van der Waals surface area (Å²) in [7, 11) is 0. The molecule has 0 aliphatic rings. The summed E-state index contributed by atoms with van der Waals surface area (Å²) >= 11 is 0. The molecule has 0 radical (unpaired) electrons. The monoisotopic (exact) mass is 246 g/mol. The van der Waals surface area contributed by atoms with E-state index in [1.807, 2.05) is 12.1 Å². The van der Waals surface area contributed by atoms with Crippen LogP contribution in [0.4, 0.5) is 0 Å². The second kappa shape index (κ2) is 8.07. The van der Waals surface area contributed by atoms with Gasteiger partial charge in [0.25, 0.3) is 0 Å². The van der Waals surface area contributed by atoms with Gasteiger partial charge in [0, 0.05) is 5.56 Å². The minimum Gasteiger partial charge on any atom is -0.298 e. The van der Waals surface area contributed by atoms with Crippen molar-refractivity contribution in [3.8, 4) is 0 Å². The van der Waals surface area contributed by atoms with Crippen LogP contribution in [0.15, 0.2) is 24.3 Å². The van der Waals surface area contributed by atoms with Crippen molar-refractivity contribution < 1.29 is 4.79 Å². The SMILES string of the molecule is CCCC(CCC(C)CC)c1ccc(C=O)cc1. The van der Waals surface area contributed by atoms with Crippen LogP contribution in [0.25, 0.3) is 0 Å². The average Bonchev–Trinajstić information content (AvgIpc) is 2.43. The van der Waals surface area contributed by atoms with Crippen molar-refractivity contribution in [3.63, 3.8) is 0 Å². The van der Waals surface area contributed by atoms with Crippen molar-refractivity contribution in [3.05, 3.63) is 35.4 Å².